The van der Waals surface area contributed by atoms with Gasteiger partial charge in [0.1, 0.15) is 0 Å². The van der Waals surface area contributed by atoms with Crippen LogP contribution < -0.4 is 5.01 Å². The number of hydrazine groups is 1. The summed E-state index contributed by atoms with van der Waals surface area (Å²) in [5, 5.41) is 5.00. The first-order chi connectivity index (χ1) is 12.9. The normalized spacial score (nSPS) is 17.6. The van der Waals surface area contributed by atoms with E-state index in [0.717, 1.165) is 13.1 Å². The zero-order valence-electron chi connectivity index (χ0n) is 14.7. The van der Waals surface area contributed by atoms with Crippen LogP contribution in [0.4, 0.5) is 11.4 Å². The minimum atomic E-state index is 0.678. The Bertz CT molecular complexity index is 855. The molecule has 130 valence electrons. The summed E-state index contributed by atoms with van der Waals surface area (Å²) in [6, 6.07) is 28.5. The number of hydrogen-bond donors (Lipinski definition) is 0. The van der Waals surface area contributed by atoms with Gasteiger partial charge in [0.2, 0.25) is 0 Å². The van der Waals surface area contributed by atoms with E-state index in [0.29, 0.717) is 5.92 Å². The summed E-state index contributed by atoms with van der Waals surface area (Å²) in [5.41, 5.74) is 4.12. The molecule has 0 N–H and O–H groups in total. The van der Waals surface area contributed by atoms with Crippen LogP contribution >= 0.6 is 11.8 Å². The largest absolute Gasteiger partial charge is 0.272 e. The van der Waals surface area contributed by atoms with Crippen LogP contribution in [0.2, 0.25) is 0 Å². The predicted molar refractivity (Wildman–Crippen MR) is 109 cm³/mol. The fraction of sp³-hybridized carbons (Fsp3) is 0.217. The van der Waals surface area contributed by atoms with E-state index in [4.69, 9.17) is 0 Å². The lowest BCUT2D eigenvalue weighted by atomic mass is 9.90. The van der Waals surface area contributed by atoms with E-state index >= 15 is 0 Å². The second-order valence-corrected chi connectivity index (χ2v) is 8.07. The highest BCUT2D eigenvalue weighted by Gasteiger charge is 2.30. The summed E-state index contributed by atoms with van der Waals surface area (Å²) in [4.78, 5) is 2.69. The smallest absolute Gasteiger partial charge is 0.0720 e. The van der Waals surface area contributed by atoms with Gasteiger partial charge in [-0.05, 0) is 48.6 Å². The first-order valence-electron chi connectivity index (χ1n) is 9.36. The van der Waals surface area contributed by atoms with Gasteiger partial charge in [0.15, 0.2) is 0 Å². The van der Waals surface area contributed by atoms with Crippen LogP contribution in [0.5, 0.6) is 0 Å². The standard InChI is InChI=1S/C23H22N2S/c1-2-8-18(9-3-1)19-14-16-24(17-15-19)25-20-10-4-6-12-22(20)26-23-13-7-5-11-21(23)25/h1-13,19H,14-17H2. The van der Waals surface area contributed by atoms with Crippen molar-refractivity contribution in [3.8, 4) is 0 Å². The minimum absolute atomic E-state index is 0.678. The van der Waals surface area contributed by atoms with Crippen LogP contribution in [0.3, 0.4) is 0 Å². The van der Waals surface area contributed by atoms with Gasteiger partial charge in [0, 0.05) is 22.9 Å². The van der Waals surface area contributed by atoms with Crippen LogP contribution in [-0.2, 0) is 0 Å². The Hall–Kier alpha value is -2.23. The van der Waals surface area contributed by atoms with Gasteiger partial charge in [0.05, 0.1) is 11.4 Å². The van der Waals surface area contributed by atoms with Crippen molar-refractivity contribution in [2.75, 3.05) is 18.1 Å². The molecule has 0 saturated carbocycles. The summed E-state index contributed by atoms with van der Waals surface area (Å²) < 4.78 is 0. The molecule has 1 saturated heterocycles. The maximum absolute atomic E-state index is 2.54. The molecule has 3 heteroatoms. The quantitative estimate of drug-likeness (QED) is 0.548. The van der Waals surface area contributed by atoms with Gasteiger partial charge in [0.25, 0.3) is 0 Å². The Kier molecular flexibility index (Phi) is 4.19. The lowest BCUT2D eigenvalue weighted by Gasteiger charge is -2.44. The first kappa shape index (κ1) is 16.0. The van der Waals surface area contributed by atoms with Crippen molar-refractivity contribution in [3.63, 3.8) is 0 Å². The average molecular weight is 359 g/mol. The number of hydrogen-bond acceptors (Lipinski definition) is 3. The van der Waals surface area contributed by atoms with E-state index in [1.165, 1.54) is 39.6 Å². The molecule has 0 aliphatic carbocycles. The third-order valence-corrected chi connectivity index (χ3v) is 6.56. The van der Waals surface area contributed by atoms with Gasteiger partial charge in [-0.1, -0.05) is 66.4 Å². The molecule has 0 bridgehead atoms. The number of anilines is 2. The molecule has 2 aliphatic heterocycles. The number of fused-ring (bicyclic) bond motifs is 2. The van der Waals surface area contributed by atoms with Crippen molar-refractivity contribution >= 4 is 23.1 Å². The highest BCUT2D eigenvalue weighted by molar-refractivity contribution is 7.99. The molecule has 0 unspecified atom stereocenters. The fourth-order valence-corrected chi connectivity index (χ4v) is 5.16. The predicted octanol–water partition coefficient (Wildman–Crippen LogP) is 6.08. The van der Waals surface area contributed by atoms with Crippen molar-refractivity contribution in [2.45, 2.75) is 28.6 Å². The van der Waals surface area contributed by atoms with E-state index in [1.54, 1.807) is 0 Å². The number of piperidine rings is 1. The van der Waals surface area contributed by atoms with E-state index in [2.05, 4.69) is 88.9 Å². The average Bonchev–Trinajstić information content (AvgIpc) is 2.73. The van der Waals surface area contributed by atoms with Gasteiger partial charge in [-0.2, -0.15) is 0 Å². The molecule has 0 radical (unpaired) electrons. The second-order valence-electron chi connectivity index (χ2n) is 6.99. The molecular weight excluding hydrogens is 336 g/mol. The molecule has 26 heavy (non-hydrogen) atoms. The molecule has 3 aromatic rings. The summed E-state index contributed by atoms with van der Waals surface area (Å²) in [6.45, 7) is 2.18. The maximum Gasteiger partial charge on any atom is 0.0720 e. The van der Waals surface area contributed by atoms with Gasteiger partial charge in [-0.25, -0.2) is 5.01 Å². The SMILES string of the molecule is c1ccc(C2CCN(N3c4ccccc4Sc4ccccc43)CC2)cc1. The number of para-hydroxylation sites is 2. The van der Waals surface area contributed by atoms with E-state index in [1.807, 2.05) is 11.8 Å². The molecular formula is C23H22N2S. The molecule has 0 aromatic heterocycles. The molecule has 0 spiro atoms. The lowest BCUT2D eigenvalue weighted by Crippen LogP contribution is -2.45. The minimum Gasteiger partial charge on any atom is -0.272 e. The molecule has 0 atom stereocenters. The fourth-order valence-electron chi connectivity index (χ4n) is 4.11. The molecule has 3 aromatic carbocycles. The van der Waals surface area contributed by atoms with Crippen molar-refractivity contribution in [2.24, 2.45) is 0 Å². The first-order valence-corrected chi connectivity index (χ1v) is 10.2. The number of nitrogens with zero attached hydrogens (tertiary/aromatic N) is 2. The van der Waals surface area contributed by atoms with Crippen LogP contribution in [0.1, 0.15) is 24.3 Å². The van der Waals surface area contributed by atoms with Crippen molar-refractivity contribution in [1.82, 2.24) is 5.01 Å². The van der Waals surface area contributed by atoms with E-state index in [-0.39, 0.29) is 0 Å². The van der Waals surface area contributed by atoms with Gasteiger partial charge in [-0.15, -0.1) is 0 Å². The Morgan fingerprint density at radius 1 is 0.654 bits per heavy atom. The Morgan fingerprint density at radius 3 is 1.81 bits per heavy atom. The zero-order chi connectivity index (χ0) is 17.3. The van der Waals surface area contributed by atoms with Crippen LogP contribution in [0, 0.1) is 0 Å². The summed E-state index contributed by atoms with van der Waals surface area (Å²) in [5.74, 6) is 0.678. The third kappa shape index (κ3) is 2.81. The van der Waals surface area contributed by atoms with E-state index < -0.39 is 0 Å². The second kappa shape index (κ2) is 6.82. The van der Waals surface area contributed by atoms with Crippen LogP contribution in [0.25, 0.3) is 0 Å². The van der Waals surface area contributed by atoms with Crippen molar-refractivity contribution < 1.29 is 0 Å². The Balaban J connectivity index is 1.44. The molecule has 2 heterocycles. The van der Waals surface area contributed by atoms with Crippen molar-refractivity contribution in [3.05, 3.63) is 84.4 Å². The summed E-state index contributed by atoms with van der Waals surface area (Å²) in [6.07, 6.45) is 2.41. The molecule has 1 fully saturated rings. The lowest BCUT2D eigenvalue weighted by molar-refractivity contribution is 0.212. The summed E-state index contributed by atoms with van der Waals surface area (Å²) in [7, 11) is 0. The third-order valence-electron chi connectivity index (χ3n) is 5.43. The topological polar surface area (TPSA) is 6.48 Å². The zero-order valence-corrected chi connectivity index (χ0v) is 15.5. The highest BCUT2D eigenvalue weighted by Crippen LogP contribution is 2.49. The van der Waals surface area contributed by atoms with Crippen LogP contribution in [-0.4, -0.2) is 18.1 Å². The van der Waals surface area contributed by atoms with Gasteiger partial charge in [-0.3, -0.25) is 5.01 Å². The molecule has 2 nitrogen and oxygen atoms in total. The Morgan fingerprint density at radius 2 is 1.19 bits per heavy atom. The van der Waals surface area contributed by atoms with Crippen molar-refractivity contribution in [1.29, 1.82) is 0 Å². The van der Waals surface area contributed by atoms with E-state index in [9.17, 15) is 0 Å². The molecule has 2 aliphatic rings. The Labute approximate surface area is 159 Å². The maximum atomic E-state index is 2.54. The number of benzene rings is 3. The molecule has 0 amide bonds. The van der Waals surface area contributed by atoms with Gasteiger partial charge < -0.3 is 0 Å². The van der Waals surface area contributed by atoms with Gasteiger partial charge >= 0.3 is 0 Å². The van der Waals surface area contributed by atoms with Crippen LogP contribution in [0.15, 0.2) is 88.7 Å². The molecule has 5 rings (SSSR count). The number of rotatable bonds is 2. The monoisotopic (exact) mass is 358 g/mol. The highest BCUT2D eigenvalue weighted by atomic mass is 32.2. The summed E-state index contributed by atoms with van der Waals surface area (Å²) >= 11 is 1.88.